The number of imide groups is 1. The highest BCUT2D eigenvalue weighted by Crippen LogP contribution is 2.25. The molecule has 0 bridgehead atoms. The summed E-state index contributed by atoms with van der Waals surface area (Å²) in [6.45, 7) is 3.97. The average molecular weight is 483 g/mol. The molecule has 0 spiro atoms. The first-order valence-electron chi connectivity index (χ1n) is 12.0. The molecule has 1 N–H and O–H groups in total. The minimum absolute atomic E-state index is 0.0867. The van der Waals surface area contributed by atoms with Crippen LogP contribution in [0.2, 0.25) is 0 Å². The van der Waals surface area contributed by atoms with Crippen molar-refractivity contribution in [3.8, 4) is 0 Å². The second-order valence-corrected chi connectivity index (χ2v) is 8.52. The Morgan fingerprint density at radius 3 is 2.42 bits per heavy atom. The van der Waals surface area contributed by atoms with Crippen LogP contribution in [0.5, 0.6) is 0 Å². The van der Waals surface area contributed by atoms with Crippen LogP contribution in [0.1, 0.15) is 50.0 Å². The van der Waals surface area contributed by atoms with E-state index >= 15 is 0 Å². The minimum atomic E-state index is -0.328. The first-order chi connectivity index (χ1) is 17.6. The van der Waals surface area contributed by atoms with E-state index in [1.165, 1.54) is 4.90 Å². The number of para-hydroxylation sites is 2. The summed E-state index contributed by atoms with van der Waals surface area (Å²) in [6, 6.07) is 21.5. The number of amides is 3. The molecule has 1 aliphatic rings. The van der Waals surface area contributed by atoms with Crippen molar-refractivity contribution in [2.45, 2.75) is 26.4 Å². The highest BCUT2D eigenvalue weighted by molar-refractivity contribution is 6.21. The second kappa shape index (κ2) is 10.1. The standard InChI is InChI=1S/C28H26N4O4/c1-2-36-16-8-15-31-24-14-6-5-13-23(24)29-28(31)30-25(33)20-10-7-9-19(17-20)18-32-26(34)21-11-3-4-12-22(21)27(32)35/h3-7,9-14,17H,2,8,15-16,18H2,1H3,(H,29,30,33). The van der Waals surface area contributed by atoms with E-state index in [4.69, 9.17) is 4.74 Å². The van der Waals surface area contributed by atoms with Crippen LogP contribution in [-0.2, 0) is 17.8 Å². The number of ether oxygens (including phenoxy) is 1. The van der Waals surface area contributed by atoms with E-state index in [9.17, 15) is 14.4 Å². The summed E-state index contributed by atoms with van der Waals surface area (Å²) in [5, 5.41) is 2.93. The van der Waals surface area contributed by atoms with Gasteiger partial charge in [-0.05, 0) is 55.3 Å². The molecule has 0 saturated carbocycles. The van der Waals surface area contributed by atoms with Gasteiger partial charge in [0.1, 0.15) is 0 Å². The van der Waals surface area contributed by atoms with Gasteiger partial charge in [0.25, 0.3) is 17.7 Å². The van der Waals surface area contributed by atoms with Crippen molar-refractivity contribution >= 4 is 34.7 Å². The van der Waals surface area contributed by atoms with E-state index in [0.717, 1.165) is 17.5 Å². The maximum absolute atomic E-state index is 13.2. The maximum atomic E-state index is 13.2. The Kier molecular flexibility index (Phi) is 6.60. The molecule has 0 atom stereocenters. The zero-order chi connectivity index (χ0) is 25.1. The first kappa shape index (κ1) is 23.4. The SMILES string of the molecule is CCOCCCn1c(NC(=O)c2cccc(CN3C(=O)c4ccccc4C3=O)c2)nc2ccccc21. The zero-order valence-electron chi connectivity index (χ0n) is 19.9. The molecule has 0 fully saturated rings. The van der Waals surface area contributed by atoms with Crippen LogP contribution in [0, 0.1) is 0 Å². The van der Waals surface area contributed by atoms with Crippen molar-refractivity contribution in [2.75, 3.05) is 18.5 Å². The number of hydrogen-bond donors (Lipinski definition) is 1. The Labute approximate surface area is 208 Å². The van der Waals surface area contributed by atoms with Gasteiger partial charge in [-0.25, -0.2) is 4.98 Å². The Balaban J connectivity index is 1.34. The number of aromatic nitrogens is 2. The van der Waals surface area contributed by atoms with Crippen molar-refractivity contribution in [2.24, 2.45) is 0 Å². The van der Waals surface area contributed by atoms with Gasteiger partial charge in [0.15, 0.2) is 0 Å². The summed E-state index contributed by atoms with van der Waals surface area (Å²) in [7, 11) is 0. The van der Waals surface area contributed by atoms with E-state index in [1.807, 2.05) is 35.8 Å². The Hall–Kier alpha value is -4.30. The maximum Gasteiger partial charge on any atom is 0.261 e. The van der Waals surface area contributed by atoms with E-state index < -0.39 is 0 Å². The molecule has 0 aliphatic carbocycles. The highest BCUT2D eigenvalue weighted by Gasteiger charge is 2.35. The van der Waals surface area contributed by atoms with Crippen molar-refractivity contribution < 1.29 is 19.1 Å². The minimum Gasteiger partial charge on any atom is -0.382 e. The zero-order valence-corrected chi connectivity index (χ0v) is 19.9. The van der Waals surface area contributed by atoms with Crippen LogP contribution in [0.4, 0.5) is 5.95 Å². The fourth-order valence-corrected chi connectivity index (χ4v) is 4.42. The van der Waals surface area contributed by atoms with Gasteiger partial charge in [0.2, 0.25) is 5.95 Å². The van der Waals surface area contributed by atoms with E-state index in [-0.39, 0.29) is 24.3 Å². The smallest absolute Gasteiger partial charge is 0.261 e. The molecule has 1 aliphatic heterocycles. The van der Waals surface area contributed by atoms with Gasteiger partial charge in [0, 0.05) is 25.3 Å². The first-order valence-corrected chi connectivity index (χ1v) is 12.0. The summed E-state index contributed by atoms with van der Waals surface area (Å²) in [5.74, 6) is -0.513. The van der Waals surface area contributed by atoms with Gasteiger partial charge in [-0.1, -0.05) is 36.4 Å². The molecule has 8 nitrogen and oxygen atoms in total. The van der Waals surface area contributed by atoms with Crippen LogP contribution in [0.15, 0.2) is 72.8 Å². The molecule has 2 heterocycles. The fraction of sp³-hybridized carbons (Fsp3) is 0.214. The summed E-state index contributed by atoms with van der Waals surface area (Å²) in [4.78, 5) is 44.5. The number of benzene rings is 3. The monoisotopic (exact) mass is 482 g/mol. The number of carbonyl (C=O) groups is 3. The second-order valence-electron chi connectivity index (χ2n) is 8.52. The van der Waals surface area contributed by atoms with Gasteiger partial charge in [0.05, 0.1) is 28.7 Å². The molecular formula is C28H26N4O4. The predicted octanol–water partition coefficient (Wildman–Crippen LogP) is 4.51. The molecule has 3 aromatic carbocycles. The lowest BCUT2D eigenvalue weighted by atomic mass is 10.1. The Morgan fingerprint density at radius 1 is 0.944 bits per heavy atom. The number of nitrogens with one attached hydrogen (secondary N) is 1. The molecule has 182 valence electrons. The Morgan fingerprint density at radius 2 is 1.67 bits per heavy atom. The van der Waals surface area contributed by atoms with Crippen molar-refractivity contribution in [3.63, 3.8) is 0 Å². The lowest BCUT2D eigenvalue weighted by Crippen LogP contribution is -2.29. The average Bonchev–Trinajstić information content (AvgIpc) is 3.36. The molecule has 0 radical (unpaired) electrons. The third-order valence-corrected chi connectivity index (χ3v) is 6.16. The van der Waals surface area contributed by atoms with Gasteiger partial charge < -0.3 is 9.30 Å². The number of imidazole rings is 1. The number of hydrogen-bond acceptors (Lipinski definition) is 5. The van der Waals surface area contributed by atoms with Crippen molar-refractivity contribution in [3.05, 3.63) is 95.1 Å². The number of carbonyl (C=O) groups excluding carboxylic acids is 3. The molecule has 3 amide bonds. The number of nitrogens with zero attached hydrogens (tertiary/aromatic N) is 3. The van der Waals surface area contributed by atoms with Crippen LogP contribution in [0.3, 0.4) is 0 Å². The Bertz CT molecular complexity index is 1420. The quantitative estimate of drug-likeness (QED) is 0.280. The molecule has 4 aromatic rings. The van der Waals surface area contributed by atoms with E-state index in [0.29, 0.717) is 48.0 Å². The molecule has 5 rings (SSSR count). The van der Waals surface area contributed by atoms with Crippen LogP contribution in [-0.4, -0.2) is 45.4 Å². The van der Waals surface area contributed by atoms with Crippen LogP contribution < -0.4 is 5.32 Å². The predicted molar refractivity (Wildman–Crippen MR) is 136 cm³/mol. The lowest BCUT2D eigenvalue weighted by Gasteiger charge is -2.15. The summed E-state index contributed by atoms with van der Waals surface area (Å²) in [6.07, 6.45) is 0.785. The summed E-state index contributed by atoms with van der Waals surface area (Å²) in [5.41, 5.74) is 3.63. The van der Waals surface area contributed by atoms with Gasteiger partial charge in [-0.2, -0.15) is 0 Å². The fourth-order valence-electron chi connectivity index (χ4n) is 4.42. The molecular weight excluding hydrogens is 456 g/mol. The summed E-state index contributed by atoms with van der Waals surface area (Å²) < 4.78 is 7.45. The number of anilines is 1. The summed E-state index contributed by atoms with van der Waals surface area (Å²) >= 11 is 0. The normalized spacial score (nSPS) is 12.9. The third kappa shape index (κ3) is 4.50. The number of rotatable bonds is 9. The van der Waals surface area contributed by atoms with Gasteiger partial charge in [-0.15, -0.1) is 0 Å². The molecule has 0 saturated heterocycles. The molecule has 36 heavy (non-hydrogen) atoms. The van der Waals surface area contributed by atoms with Gasteiger partial charge >= 0.3 is 0 Å². The highest BCUT2D eigenvalue weighted by atomic mass is 16.5. The number of aryl methyl sites for hydroxylation is 1. The van der Waals surface area contributed by atoms with Gasteiger partial charge in [-0.3, -0.25) is 24.6 Å². The van der Waals surface area contributed by atoms with Crippen LogP contribution >= 0.6 is 0 Å². The van der Waals surface area contributed by atoms with Crippen molar-refractivity contribution in [1.82, 2.24) is 14.5 Å². The van der Waals surface area contributed by atoms with Crippen LogP contribution in [0.25, 0.3) is 11.0 Å². The number of fused-ring (bicyclic) bond motifs is 2. The third-order valence-electron chi connectivity index (χ3n) is 6.16. The largest absolute Gasteiger partial charge is 0.382 e. The lowest BCUT2D eigenvalue weighted by molar-refractivity contribution is 0.0642. The van der Waals surface area contributed by atoms with E-state index in [2.05, 4.69) is 10.3 Å². The topological polar surface area (TPSA) is 93.5 Å². The van der Waals surface area contributed by atoms with Crippen molar-refractivity contribution in [1.29, 1.82) is 0 Å². The molecule has 1 aromatic heterocycles. The van der Waals surface area contributed by atoms with E-state index in [1.54, 1.807) is 48.5 Å². The molecule has 8 heteroatoms. The molecule has 0 unspecified atom stereocenters.